The van der Waals surface area contributed by atoms with E-state index in [2.05, 4.69) is 10.6 Å². The summed E-state index contributed by atoms with van der Waals surface area (Å²) in [6.45, 7) is -0.140. The Morgan fingerprint density at radius 3 is 1.55 bits per heavy atom. The van der Waals surface area contributed by atoms with E-state index in [4.69, 9.17) is 23.7 Å². The van der Waals surface area contributed by atoms with Crippen LogP contribution >= 0.6 is 0 Å². The largest absolute Gasteiger partial charge is 0.394 e. The number of carbonyl (C=O) groups is 2. The van der Waals surface area contributed by atoms with Crippen LogP contribution in [-0.2, 0) is 33.3 Å². The summed E-state index contributed by atoms with van der Waals surface area (Å²) in [5, 5.41) is 96.5. The average Bonchev–Trinajstić information content (AvgIpc) is 2.90. The lowest BCUT2D eigenvalue weighted by Gasteiger charge is -2.49. The predicted molar refractivity (Wildman–Crippen MR) is 124 cm³/mol. The molecule has 3 fully saturated rings. The van der Waals surface area contributed by atoms with Gasteiger partial charge in [0.25, 0.3) is 0 Å². The number of hydrogen-bond acceptors (Lipinski definition) is 16. The molecule has 0 aliphatic carbocycles. The van der Waals surface area contributed by atoms with E-state index < -0.39 is 124 Å². The third-order valence-electron chi connectivity index (χ3n) is 6.90. The maximum Gasteiger partial charge on any atom is 0.217 e. The fourth-order valence-corrected chi connectivity index (χ4v) is 4.86. The van der Waals surface area contributed by atoms with Gasteiger partial charge in [0.05, 0.1) is 19.8 Å². The quantitative estimate of drug-likeness (QED) is 0.120. The van der Waals surface area contributed by atoms with Gasteiger partial charge in [-0.2, -0.15) is 0 Å². The van der Waals surface area contributed by atoms with Crippen molar-refractivity contribution in [2.45, 2.75) is 106 Å². The fraction of sp³-hybridized carbons (Fsp3) is 0.909. The Morgan fingerprint density at radius 2 is 1.02 bits per heavy atom. The summed E-state index contributed by atoms with van der Waals surface area (Å²) in [5.74, 6) is -1.34. The van der Waals surface area contributed by atoms with Gasteiger partial charge >= 0.3 is 0 Å². The topological polar surface area (TPSA) is 286 Å². The first-order valence-corrected chi connectivity index (χ1v) is 12.6. The Balaban J connectivity index is 1.95. The summed E-state index contributed by atoms with van der Waals surface area (Å²) >= 11 is 0. The molecule has 3 aliphatic heterocycles. The number of rotatable bonds is 9. The Hall–Kier alpha value is -1.62. The first kappa shape index (κ1) is 32.9. The second kappa shape index (κ2) is 14.0. The van der Waals surface area contributed by atoms with Crippen LogP contribution in [0.15, 0.2) is 0 Å². The van der Waals surface area contributed by atoms with Crippen LogP contribution in [0, 0.1) is 0 Å². The minimum atomic E-state index is -1.89. The molecule has 0 aromatic heterocycles. The molecule has 0 aromatic carbocycles. The maximum atomic E-state index is 12.1. The van der Waals surface area contributed by atoms with Gasteiger partial charge in [-0.3, -0.25) is 9.59 Å². The van der Waals surface area contributed by atoms with Crippen molar-refractivity contribution < 1.29 is 79.2 Å². The van der Waals surface area contributed by atoms with Gasteiger partial charge in [0, 0.05) is 13.8 Å². The zero-order valence-corrected chi connectivity index (χ0v) is 21.7. The molecule has 0 radical (unpaired) electrons. The van der Waals surface area contributed by atoms with Crippen LogP contribution in [0.4, 0.5) is 0 Å². The monoisotopic (exact) mass is 586 g/mol. The summed E-state index contributed by atoms with van der Waals surface area (Å²) in [6, 6.07) is -2.90. The molecular formula is C22H38N2O16. The van der Waals surface area contributed by atoms with Crippen molar-refractivity contribution in [2.24, 2.45) is 0 Å². The van der Waals surface area contributed by atoms with Gasteiger partial charge in [-0.05, 0) is 0 Å². The van der Waals surface area contributed by atoms with Gasteiger partial charge < -0.3 is 80.3 Å². The zero-order chi connectivity index (χ0) is 29.9. The fourth-order valence-electron chi connectivity index (χ4n) is 4.86. The number of hydrogen-bond donors (Lipinski definition) is 11. The van der Waals surface area contributed by atoms with E-state index in [1.54, 1.807) is 0 Å². The lowest BCUT2D eigenvalue weighted by molar-refractivity contribution is -0.356. The zero-order valence-electron chi connectivity index (χ0n) is 21.7. The van der Waals surface area contributed by atoms with Gasteiger partial charge in [0.2, 0.25) is 11.8 Å². The molecule has 0 spiro atoms. The molecule has 0 bridgehead atoms. The third-order valence-corrected chi connectivity index (χ3v) is 6.90. The highest BCUT2D eigenvalue weighted by molar-refractivity contribution is 5.73. The molecular weight excluding hydrogens is 548 g/mol. The van der Waals surface area contributed by atoms with Crippen molar-refractivity contribution in [1.82, 2.24) is 10.6 Å². The van der Waals surface area contributed by atoms with Crippen LogP contribution in [0.1, 0.15) is 13.8 Å². The minimum Gasteiger partial charge on any atom is -0.394 e. The number of carbonyl (C=O) groups excluding carboxylic acids is 2. The van der Waals surface area contributed by atoms with Crippen molar-refractivity contribution in [1.29, 1.82) is 0 Å². The molecule has 15 atom stereocenters. The van der Waals surface area contributed by atoms with E-state index in [-0.39, 0.29) is 0 Å². The lowest BCUT2D eigenvalue weighted by atomic mass is 9.94. The van der Waals surface area contributed by atoms with Gasteiger partial charge in [-0.25, -0.2) is 0 Å². The van der Waals surface area contributed by atoms with Crippen molar-refractivity contribution in [3.8, 4) is 0 Å². The summed E-state index contributed by atoms with van der Waals surface area (Å²) in [4.78, 5) is 23.9. The molecule has 2 amide bonds. The van der Waals surface area contributed by atoms with Crippen LogP contribution in [0.5, 0.6) is 0 Å². The van der Waals surface area contributed by atoms with Crippen LogP contribution in [0.2, 0.25) is 0 Å². The Kier molecular flexibility index (Phi) is 11.5. The van der Waals surface area contributed by atoms with Gasteiger partial charge in [0.15, 0.2) is 18.9 Å². The highest BCUT2D eigenvalue weighted by Gasteiger charge is 2.54. The van der Waals surface area contributed by atoms with Crippen molar-refractivity contribution in [3.05, 3.63) is 0 Å². The number of ether oxygens (including phenoxy) is 5. The SMILES string of the molecule is CC(=O)N[C@@H]1[C@@H](O[C@@H]2O[C@H](CO)[C@@H](O)[C@H](O[C@H]3O[C@H](CO)[C@@H](O)[C@H](O)[C@@H]3O)[C@H]2NC(C)=O)[C@H](O)[C@@H](CO)O[C@H]1O. The first-order valence-electron chi connectivity index (χ1n) is 12.6. The van der Waals surface area contributed by atoms with Crippen molar-refractivity contribution in [2.75, 3.05) is 19.8 Å². The first-order chi connectivity index (χ1) is 18.8. The van der Waals surface area contributed by atoms with E-state index in [0.29, 0.717) is 0 Å². The highest BCUT2D eigenvalue weighted by atomic mass is 16.7. The number of amides is 2. The number of nitrogens with one attached hydrogen (secondary N) is 2. The smallest absolute Gasteiger partial charge is 0.217 e. The Bertz CT molecular complexity index is 852. The molecule has 18 nitrogen and oxygen atoms in total. The average molecular weight is 587 g/mol. The molecule has 0 unspecified atom stereocenters. The summed E-state index contributed by atoms with van der Waals surface area (Å²) in [7, 11) is 0. The highest BCUT2D eigenvalue weighted by Crippen LogP contribution is 2.32. The van der Waals surface area contributed by atoms with Crippen LogP contribution in [0.25, 0.3) is 0 Å². The minimum absolute atomic E-state index is 0.647. The Labute approximate surface area is 228 Å². The molecule has 11 N–H and O–H groups in total. The molecule has 232 valence electrons. The maximum absolute atomic E-state index is 12.1. The molecule has 18 heteroatoms. The lowest BCUT2D eigenvalue weighted by Crippen LogP contribution is -2.70. The van der Waals surface area contributed by atoms with Crippen LogP contribution in [0.3, 0.4) is 0 Å². The van der Waals surface area contributed by atoms with Crippen molar-refractivity contribution in [3.63, 3.8) is 0 Å². The molecule has 3 rings (SSSR count). The second-order valence-electron chi connectivity index (χ2n) is 9.81. The van der Waals surface area contributed by atoms with Gasteiger partial charge in [0.1, 0.15) is 73.1 Å². The second-order valence-corrected chi connectivity index (χ2v) is 9.81. The van der Waals surface area contributed by atoms with E-state index >= 15 is 0 Å². The number of aliphatic hydroxyl groups excluding tert-OH is 9. The predicted octanol–water partition coefficient (Wildman–Crippen LogP) is -7.29. The van der Waals surface area contributed by atoms with Gasteiger partial charge in [-0.15, -0.1) is 0 Å². The van der Waals surface area contributed by atoms with E-state index in [1.807, 2.05) is 0 Å². The molecule has 3 heterocycles. The molecule has 40 heavy (non-hydrogen) atoms. The standard InChI is InChI=1S/C22H38N2O16/c1-6(28)23-11-18(14(31)9(4-26)36-20(11)35)39-21-12(24-7(2)29)19(15(32)10(5-27)37-21)40-22-17(34)16(33)13(30)8(3-25)38-22/h8-22,25-27,30-35H,3-5H2,1-2H3,(H,23,28)(H,24,29)/t8-,9-,10-,11-,12-,13-,14-,15-,16+,17+,18-,19-,20-,21+,22-/m1/s1. The molecule has 3 aliphatic rings. The van der Waals surface area contributed by atoms with E-state index in [1.165, 1.54) is 0 Å². The van der Waals surface area contributed by atoms with Crippen molar-refractivity contribution >= 4 is 11.8 Å². The summed E-state index contributed by atoms with van der Waals surface area (Å²) in [5.41, 5.74) is 0. The molecule has 3 saturated heterocycles. The van der Waals surface area contributed by atoms with Crippen LogP contribution in [-0.4, -0.2) is 170 Å². The molecule has 0 aromatic rings. The van der Waals surface area contributed by atoms with E-state index in [0.717, 1.165) is 13.8 Å². The summed E-state index contributed by atoms with van der Waals surface area (Å²) < 4.78 is 27.7. The molecule has 0 saturated carbocycles. The van der Waals surface area contributed by atoms with Gasteiger partial charge in [-0.1, -0.05) is 0 Å². The number of aliphatic hydroxyl groups is 9. The third kappa shape index (κ3) is 7.05. The summed E-state index contributed by atoms with van der Waals surface area (Å²) in [6.07, 6.45) is -21.4. The Morgan fingerprint density at radius 1 is 0.600 bits per heavy atom. The van der Waals surface area contributed by atoms with E-state index in [9.17, 15) is 55.5 Å². The normalized spacial score (nSPS) is 46.0. The van der Waals surface area contributed by atoms with Crippen LogP contribution < -0.4 is 10.6 Å².